The first-order valence-electron chi connectivity index (χ1n) is 6.82. The quantitative estimate of drug-likeness (QED) is 0.740. The molecule has 0 aliphatic rings. The number of hydrogen-bond donors (Lipinski definition) is 0. The number of benzene rings is 2. The number of hydrogen-bond acceptors (Lipinski definition) is 4. The Morgan fingerprint density at radius 2 is 1.62 bits per heavy atom. The van der Waals surface area contributed by atoms with Crippen LogP contribution in [0, 0.1) is 0 Å². The van der Waals surface area contributed by atoms with Gasteiger partial charge in [0.1, 0.15) is 11.5 Å². The molecule has 21 heavy (non-hydrogen) atoms. The van der Waals surface area contributed by atoms with Gasteiger partial charge in [0.2, 0.25) is 5.12 Å². The summed E-state index contributed by atoms with van der Waals surface area (Å²) in [4.78, 5) is 13.1. The highest BCUT2D eigenvalue weighted by Crippen LogP contribution is 2.25. The van der Waals surface area contributed by atoms with Crippen LogP contribution in [0.3, 0.4) is 0 Å². The molecule has 0 fully saturated rings. The summed E-state index contributed by atoms with van der Waals surface area (Å²) in [6.07, 6.45) is 0.966. The summed E-state index contributed by atoms with van der Waals surface area (Å²) in [5.41, 5.74) is 0.666. The molecule has 2 aromatic carbocycles. The number of carbonyl (C=O) groups is 1. The molecule has 0 aliphatic heterocycles. The molecule has 0 heterocycles. The van der Waals surface area contributed by atoms with Crippen LogP contribution < -0.4 is 9.47 Å². The van der Waals surface area contributed by atoms with Gasteiger partial charge < -0.3 is 9.47 Å². The van der Waals surface area contributed by atoms with E-state index in [1.165, 1.54) is 11.8 Å². The molecule has 0 unspecified atom stereocenters. The highest BCUT2D eigenvalue weighted by molar-refractivity contribution is 8.14. The highest BCUT2D eigenvalue weighted by Gasteiger charge is 2.08. The van der Waals surface area contributed by atoms with Crippen LogP contribution in [-0.2, 0) is 0 Å². The SMILES string of the molecule is CCCOc1ccc(C(=O)Sc2ccc(OC)cc2)cc1. The molecule has 0 saturated carbocycles. The van der Waals surface area contributed by atoms with Gasteiger partial charge in [-0.05, 0) is 66.7 Å². The van der Waals surface area contributed by atoms with Gasteiger partial charge in [0, 0.05) is 10.5 Å². The van der Waals surface area contributed by atoms with Crippen molar-refractivity contribution < 1.29 is 14.3 Å². The maximum absolute atomic E-state index is 12.2. The summed E-state index contributed by atoms with van der Waals surface area (Å²) >= 11 is 1.20. The van der Waals surface area contributed by atoms with Crippen molar-refractivity contribution in [1.82, 2.24) is 0 Å². The first kappa shape index (κ1) is 15.4. The van der Waals surface area contributed by atoms with E-state index in [0.717, 1.165) is 22.8 Å². The van der Waals surface area contributed by atoms with Crippen LogP contribution in [0.1, 0.15) is 23.7 Å². The smallest absolute Gasteiger partial charge is 0.224 e. The fourth-order valence-electron chi connectivity index (χ4n) is 1.72. The molecule has 0 N–H and O–H groups in total. The van der Waals surface area contributed by atoms with E-state index in [4.69, 9.17) is 9.47 Å². The van der Waals surface area contributed by atoms with E-state index < -0.39 is 0 Å². The third-order valence-electron chi connectivity index (χ3n) is 2.83. The first-order chi connectivity index (χ1) is 10.2. The molecular formula is C17H18O3S. The second-order valence-electron chi connectivity index (χ2n) is 4.44. The molecular weight excluding hydrogens is 284 g/mol. The summed E-state index contributed by atoms with van der Waals surface area (Å²) < 4.78 is 10.6. The summed E-state index contributed by atoms with van der Waals surface area (Å²) in [7, 11) is 1.62. The van der Waals surface area contributed by atoms with Crippen molar-refractivity contribution in [1.29, 1.82) is 0 Å². The Morgan fingerprint density at radius 1 is 1.00 bits per heavy atom. The Labute approximate surface area is 129 Å². The van der Waals surface area contributed by atoms with Crippen LogP contribution in [0.2, 0.25) is 0 Å². The molecule has 3 nitrogen and oxygen atoms in total. The average Bonchev–Trinajstić information content (AvgIpc) is 2.54. The Morgan fingerprint density at radius 3 is 2.19 bits per heavy atom. The van der Waals surface area contributed by atoms with Crippen LogP contribution in [0.5, 0.6) is 11.5 Å². The van der Waals surface area contributed by atoms with Crippen LogP contribution in [0.4, 0.5) is 0 Å². The molecule has 0 aliphatic carbocycles. The predicted octanol–water partition coefficient (Wildman–Crippen LogP) is 4.42. The molecule has 2 rings (SSSR count). The van der Waals surface area contributed by atoms with Gasteiger partial charge in [0.05, 0.1) is 13.7 Å². The maximum atomic E-state index is 12.2. The van der Waals surface area contributed by atoms with Crippen LogP contribution in [0.25, 0.3) is 0 Å². The molecule has 0 aromatic heterocycles. The van der Waals surface area contributed by atoms with E-state index in [1.54, 1.807) is 19.2 Å². The van der Waals surface area contributed by atoms with Gasteiger partial charge in [-0.1, -0.05) is 6.92 Å². The molecule has 0 radical (unpaired) electrons. The molecule has 2 aromatic rings. The van der Waals surface area contributed by atoms with E-state index in [1.807, 2.05) is 36.4 Å². The van der Waals surface area contributed by atoms with Crippen molar-refractivity contribution in [2.24, 2.45) is 0 Å². The van der Waals surface area contributed by atoms with E-state index in [2.05, 4.69) is 6.92 Å². The van der Waals surface area contributed by atoms with E-state index >= 15 is 0 Å². The van der Waals surface area contributed by atoms with E-state index in [0.29, 0.717) is 12.2 Å². The topological polar surface area (TPSA) is 35.5 Å². The third-order valence-corrected chi connectivity index (χ3v) is 3.76. The molecule has 0 amide bonds. The van der Waals surface area contributed by atoms with Gasteiger partial charge in [0.15, 0.2) is 0 Å². The van der Waals surface area contributed by atoms with Crippen molar-refractivity contribution >= 4 is 16.9 Å². The van der Waals surface area contributed by atoms with Gasteiger partial charge in [-0.3, -0.25) is 4.79 Å². The van der Waals surface area contributed by atoms with Gasteiger partial charge in [-0.15, -0.1) is 0 Å². The Bertz CT molecular complexity index is 576. The molecule has 110 valence electrons. The largest absolute Gasteiger partial charge is 0.497 e. The number of ether oxygens (including phenoxy) is 2. The first-order valence-corrected chi connectivity index (χ1v) is 7.63. The Kier molecular flexibility index (Phi) is 5.69. The minimum atomic E-state index is 0.0159. The molecule has 0 atom stereocenters. The van der Waals surface area contributed by atoms with Crippen LogP contribution in [0.15, 0.2) is 53.4 Å². The monoisotopic (exact) mass is 302 g/mol. The summed E-state index contributed by atoms with van der Waals surface area (Å²) in [5.74, 6) is 1.58. The number of methoxy groups -OCH3 is 1. The van der Waals surface area contributed by atoms with Crippen LogP contribution in [-0.4, -0.2) is 18.8 Å². The average molecular weight is 302 g/mol. The van der Waals surface area contributed by atoms with Gasteiger partial charge >= 0.3 is 0 Å². The van der Waals surface area contributed by atoms with E-state index in [9.17, 15) is 4.79 Å². The van der Waals surface area contributed by atoms with Crippen molar-refractivity contribution in [2.45, 2.75) is 18.2 Å². The normalized spacial score (nSPS) is 10.2. The zero-order chi connectivity index (χ0) is 15.1. The third kappa shape index (κ3) is 4.53. The zero-order valence-electron chi connectivity index (χ0n) is 12.2. The van der Waals surface area contributed by atoms with Gasteiger partial charge in [-0.2, -0.15) is 0 Å². The lowest BCUT2D eigenvalue weighted by Gasteiger charge is -2.06. The number of thioether (sulfide) groups is 1. The molecule has 0 saturated heterocycles. The predicted molar refractivity (Wildman–Crippen MR) is 85.4 cm³/mol. The van der Waals surface area contributed by atoms with Gasteiger partial charge in [0.25, 0.3) is 0 Å². The molecule has 4 heteroatoms. The van der Waals surface area contributed by atoms with Crippen molar-refractivity contribution in [3.63, 3.8) is 0 Å². The second kappa shape index (κ2) is 7.74. The fraction of sp³-hybridized carbons (Fsp3) is 0.235. The standard InChI is InChI=1S/C17H18O3S/c1-3-12-20-15-6-4-13(5-7-15)17(18)21-16-10-8-14(19-2)9-11-16/h4-11H,3,12H2,1-2H3. The second-order valence-corrected chi connectivity index (χ2v) is 5.48. The van der Waals surface area contributed by atoms with Crippen molar-refractivity contribution in [2.75, 3.05) is 13.7 Å². The summed E-state index contributed by atoms with van der Waals surface area (Å²) in [6, 6.07) is 14.7. The fourth-order valence-corrected chi connectivity index (χ4v) is 2.46. The van der Waals surface area contributed by atoms with E-state index in [-0.39, 0.29) is 5.12 Å². The zero-order valence-corrected chi connectivity index (χ0v) is 13.0. The maximum Gasteiger partial charge on any atom is 0.224 e. The summed E-state index contributed by atoms with van der Waals surface area (Å²) in [6.45, 7) is 2.75. The lowest BCUT2D eigenvalue weighted by molar-refractivity contribution is 0.108. The minimum absolute atomic E-state index is 0.0159. The highest BCUT2D eigenvalue weighted by atomic mass is 32.2. The Balaban J connectivity index is 1.98. The molecule has 0 bridgehead atoms. The number of rotatable bonds is 6. The number of carbonyl (C=O) groups excluding carboxylic acids is 1. The van der Waals surface area contributed by atoms with Gasteiger partial charge in [-0.25, -0.2) is 0 Å². The van der Waals surface area contributed by atoms with Crippen molar-refractivity contribution in [3.05, 3.63) is 54.1 Å². The lowest BCUT2D eigenvalue weighted by Crippen LogP contribution is -1.97. The van der Waals surface area contributed by atoms with Crippen LogP contribution >= 0.6 is 11.8 Å². The van der Waals surface area contributed by atoms with Crippen molar-refractivity contribution in [3.8, 4) is 11.5 Å². The summed E-state index contributed by atoms with van der Waals surface area (Å²) in [5, 5.41) is 0.0159. The Hall–Kier alpha value is -1.94. The molecule has 0 spiro atoms. The lowest BCUT2D eigenvalue weighted by atomic mass is 10.2. The minimum Gasteiger partial charge on any atom is -0.497 e.